The summed E-state index contributed by atoms with van der Waals surface area (Å²) in [5.41, 5.74) is 6.20. The van der Waals surface area contributed by atoms with Crippen molar-refractivity contribution in [1.29, 1.82) is 0 Å². The molecule has 0 aromatic carbocycles. The smallest absolute Gasteiger partial charge is 0.274 e. The van der Waals surface area contributed by atoms with Gasteiger partial charge in [0.15, 0.2) is 0 Å². The van der Waals surface area contributed by atoms with Gasteiger partial charge in [-0.2, -0.15) is 5.10 Å². The van der Waals surface area contributed by atoms with Crippen LogP contribution in [0.25, 0.3) is 0 Å². The van der Waals surface area contributed by atoms with Crippen LogP contribution in [0.5, 0.6) is 0 Å². The number of aromatic nitrogens is 2. The van der Waals surface area contributed by atoms with Crippen molar-refractivity contribution in [3.8, 4) is 0 Å². The number of rotatable bonds is 5. The maximum Gasteiger partial charge on any atom is 0.274 e. The van der Waals surface area contributed by atoms with Gasteiger partial charge >= 0.3 is 0 Å². The van der Waals surface area contributed by atoms with Crippen molar-refractivity contribution in [2.75, 3.05) is 32.7 Å². The Bertz CT molecular complexity index is 437. The summed E-state index contributed by atoms with van der Waals surface area (Å²) >= 11 is 0. The number of piperazine rings is 1. The van der Waals surface area contributed by atoms with Gasteiger partial charge in [0.05, 0.1) is 0 Å². The predicted molar refractivity (Wildman–Crippen MR) is 78.4 cm³/mol. The molecule has 1 amide bonds. The standard InChI is InChI=1S/C14H25N5O/c1-3-12(4-6-15)18-8-10-19(11-9-18)14(20)13-5-7-17(2)16-13/h5,7,12H,3-4,6,8-11,15H2,1-2H3. The van der Waals surface area contributed by atoms with Gasteiger partial charge in [0, 0.05) is 45.5 Å². The minimum atomic E-state index is 0.0390. The minimum absolute atomic E-state index is 0.0390. The van der Waals surface area contributed by atoms with Crippen molar-refractivity contribution >= 4 is 5.91 Å². The average molecular weight is 279 g/mol. The van der Waals surface area contributed by atoms with E-state index in [0.717, 1.165) is 45.6 Å². The Hall–Kier alpha value is -1.40. The minimum Gasteiger partial charge on any atom is -0.335 e. The van der Waals surface area contributed by atoms with Gasteiger partial charge in [-0.3, -0.25) is 14.4 Å². The third-order valence-corrected chi connectivity index (χ3v) is 4.02. The van der Waals surface area contributed by atoms with Crippen molar-refractivity contribution in [3.63, 3.8) is 0 Å². The first-order valence-corrected chi connectivity index (χ1v) is 7.38. The molecule has 1 aliphatic heterocycles. The van der Waals surface area contributed by atoms with Crippen molar-refractivity contribution < 1.29 is 4.79 Å². The Morgan fingerprint density at radius 2 is 2.10 bits per heavy atom. The Labute approximate surface area is 120 Å². The summed E-state index contributed by atoms with van der Waals surface area (Å²) in [6.07, 6.45) is 3.95. The highest BCUT2D eigenvalue weighted by Crippen LogP contribution is 2.13. The molecule has 6 nitrogen and oxygen atoms in total. The second-order valence-electron chi connectivity index (χ2n) is 5.34. The van der Waals surface area contributed by atoms with Crippen LogP contribution in [-0.4, -0.2) is 64.3 Å². The van der Waals surface area contributed by atoms with E-state index in [9.17, 15) is 4.79 Å². The second-order valence-corrected chi connectivity index (χ2v) is 5.34. The highest BCUT2D eigenvalue weighted by Gasteiger charge is 2.26. The molecule has 1 saturated heterocycles. The third-order valence-electron chi connectivity index (χ3n) is 4.02. The summed E-state index contributed by atoms with van der Waals surface area (Å²) < 4.78 is 1.66. The van der Waals surface area contributed by atoms with Gasteiger partial charge in [-0.05, 0) is 25.5 Å². The zero-order valence-electron chi connectivity index (χ0n) is 12.5. The molecule has 1 atom stereocenters. The fourth-order valence-electron chi connectivity index (χ4n) is 2.82. The number of carbonyl (C=O) groups is 1. The van der Waals surface area contributed by atoms with Gasteiger partial charge in [-0.15, -0.1) is 0 Å². The predicted octanol–water partition coefficient (Wildman–Crippen LogP) is 0.305. The number of nitrogens with two attached hydrogens (primary N) is 1. The second kappa shape index (κ2) is 6.85. The number of aryl methyl sites for hydroxylation is 1. The van der Waals surface area contributed by atoms with Gasteiger partial charge in [0.2, 0.25) is 0 Å². The van der Waals surface area contributed by atoms with Crippen molar-refractivity contribution in [1.82, 2.24) is 19.6 Å². The first-order chi connectivity index (χ1) is 9.65. The molecule has 1 aliphatic rings. The highest BCUT2D eigenvalue weighted by atomic mass is 16.2. The number of carbonyl (C=O) groups excluding carboxylic acids is 1. The Kier molecular flexibility index (Phi) is 5.14. The number of hydrogen-bond donors (Lipinski definition) is 1. The molecule has 1 unspecified atom stereocenters. The molecular weight excluding hydrogens is 254 g/mol. The fourth-order valence-corrected chi connectivity index (χ4v) is 2.82. The van der Waals surface area contributed by atoms with E-state index in [4.69, 9.17) is 5.73 Å². The zero-order chi connectivity index (χ0) is 14.5. The van der Waals surface area contributed by atoms with E-state index in [1.807, 2.05) is 11.9 Å². The van der Waals surface area contributed by atoms with Crippen LogP contribution in [0.1, 0.15) is 30.3 Å². The van der Waals surface area contributed by atoms with Crippen molar-refractivity contribution in [2.24, 2.45) is 12.8 Å². The maximum absolute atomic E-state index is 12.3. The first kappa shape index (κ1) is 15.0. The van der Waals surface area contributed by atoms with Gasteiger partial charge in [-0.25, -0.2) is 0 Å². The van der Waals surface area contributed by atoms with Crippen LogP contribution >= 0.6 is 0 Å². The fraction of sp³-hybridized carbons (Fsp3) is 0.714. The molecule has 6 heteroatoms. The number of amides is 1. The van der Waals surface area contributed by atoms with Crippen LogP contribution in [0.2, 0.25) is 0 Å². The summed E-state index contributed by atoms with van der Waals surface area (Å²) in [4.78, 5) is 16.6. The lowest BCUT2D eigenvalue weighted by Gasteiger charge is -2.38. The largest absolute Gasteiger partial charge is 0.335 e. The van der Waals surface area contributed by atoms with E-state index in [-0.39, 0.29) is 5.91 Å². The molecule has 0 aliphatic carbocycles. The van der Waals surface area contributed by atoms with Gasteiger partial charge in [0.25, 0.3) is 5.91 Å². The molecule has 0 spiro atoms. The zero-order valence-corrected chi connectivity index (χ0v) is 12.5. The van der Waals surface area contributed by atoms with Crippen LogP contribution in [0.3, 0.4) is 0 Å². The van der Waals surface area contributed by atoms with Crippen molar-refractivity contribution in [2.45, 2.75) is 25.8 Å². The molecule has 0 bridgehead atoms. The molecule has 1 fully saturated rings. The van der Waals surface area contributed by atoms with Crippen LogP contribution < -0.4 is 5.73 Å². The lowest BCUT2D eigenvalue weighted by Crippen LogP contribution is -2.52. The summed E-state index contributed by atoms with van der Waals surface area (Å²) in [6.45, 7) is 6.33. The van der Waals surface area contributed by atoms with Crippen LogP contribution in [-0.2, 0) is 7.05 Å². The third kappa shape index (κ3) is 3.37. The highest BCUT2D eigenvalue weighted by molar-refractivity contribution is 5.92. The van der Waals surface area contributed by atoms with Gasteiger partial charge in [-0.1, -0.05) is 6.92 Å². The molecule has 2 rings (SSSR count). The number of hydrogen-bond acceptors (Lipinski definition) is 4. The van der Waals surface area contributed by atoms with Crippen LogP contribution in [0.15, 0.2) is 12.3 Å². The van der Waals surface area contributed by atoms with Crippen LogP contribution in [0, 0.1) is 0 Å². The summed E-state index contributed by atoms with van der Waals surface area (Å²) in [5, 5.41) is 4.18. The number of nitrogens with zero attached hydrogens (tertiary/aromatic N) is 4. The van der Waals surface area contributed by atoms with Gasteiger partial charge < -0.3 is 10.6 Å². The topological polar surface area (TPSA) is 67.4 Å². The summed E-state index contributed by atoms with van der Waals surface area (Å²) in [6, 6.07) is 2.32. The van der Waals surface area contributed by atoms with Crippen LogP contribution in [0.4, 0.5) is 0 Å². The summed E-state index contributed by atoms with van der Waals surface area (Å²) in [7, 11) is 1.83. The van der Waals surface area contributed by atoms with Crippen molar-refractivity contribution in [3.05, 3.63) is 18.0 Å². The average Bonchev–Trinajstić information content (AvgIpc) is 2.91. The lowest BCUT2D eigenvalue weighted by molar-refractivity contribution is 0.0551. The van der Waals surface area contributed by atoms with E-state index >= 15 is 0 Å². The molecule has 112 valence electrons. The van der Waals surface area contributed by atoms with Gasteiger partial charge in [0.1, 0.15) is 5.69 Å². The molecule has 0 radical (unpaired) electrons. The molecule has 2 heterocycles. The van der Waals surface area contributed by atoms with E-state index in [0.29, 0.717) is 11.7 Å². The maximum atomic E-state index is 12.3. The molecule has 2 N–H and O–H groups in total. The normalized spacial score (nSPS) is 18.2. The molecule has 1 aromatic rings. The molecule has 0 saturated carbocycles. The Morgan fingerprint density at radius 1 is 1.40 bits per heavy atom. The molecular formula is C14H25N5O. The monoisotopic (exact) mass is 279 g/mol. The summed E-state index contributed by atoms with van der Waals surface area (Å²) in [5.74, 6) is 0.0390. The quantitative estimate of drug-likeness (QED) is 0.842. The van der Waals surface area contributed by atoms with E-state index in [2.05, 4.69) is 16.9 Å². The first-order valence-electron chi connectivity index (χ1n) is 7.38. The van der Waals surface area contributed by atoms with E-state index < -0.39 is 0 Å². The lowest BCUT2D eigenvalue weighted by atomic mass is 10.1. The molecule has 1 aromatic heterocycles. The van der Waals surface area contributed by atoms with E-state index in [1.165, 1.54) is 0 Å². The Balaban J connectivity index is 1.89. The SMILES string of the molecule is CCC(CCN)N1CCN(C(=O)c2ccn(C)n2)CC1. The molecule has 20 heavy (non-hydrogen) atoms. The Morgan fingerprint density at radius 3 is 2.60 bits per heavy atom. The van der Waals surface area contributed by atoms with E-state index in [1.54, 1.807) is 16.9 Å².